The fraction of sp³-hybridized carbons (Fsp3) is 0.462. The molecule has 0 aromatic heterocycles. The van der Waals surface area contributed by atoms with Crippen LogP contribution in [0, 0.1) is 0 Å². The molecule has 3 atom stereocenters. The molecule has 196 valence electrons. The van der Waals surface area contributed by atoms with Crippen LogP contribution in [0.1, 0.15) is 60.3 Å². The minimum atomic E-state index is -0.553. The number of thioether (sulfide) groups is 1. The molecule has 2 amide bonds. The van der Waals surface area contributed by atoms with Gasteiger partial charge in [0.25, 0.3) is 0 Å². The van der Waals surface area contributed by atoms with Crippen LogP contribution in [-0.4, -0.2) is 51.5 Å². The summed E-state index contributed by atoms with van der Waals surface area (Å²) in [6, 6.07) is 15.4. The van der Waals surface area contributed by atoms with Gasteiger partial charge in [0, 0.05) is 42.9 Å². The molecule has 36 heavy (non-hydrogen) atoms. The van der Waals surface area contributed by atoms with E-state index in [0.29, 0.717) is 25.1 Å². The fourth-order valence-corrected chi connectivity index (χ4v) is 4.62. The molecule has 0 unspecified atom stereocenters. The first-order valence-electron chi connectivity index (χ1n) is 12.0. The van der Waals surface area contributed by atoms with Gasteiger partial charge in [-0.15, -0.1) is 0 Å². The number of ether oxygens (including phenoxy) is 2. The molecule has 0 radical (unpaired) electrons. The molecule has 2 aromatic rings. The van der Waals surface area contributed by atoms with Crippen LogP contribution in [0.4, 0.5) is 0 Å². The Kier molecular flexibility index (Phi) is 11.7. The highest BCUT2D eigenvalue weighted by Gasteiger charge is 2.32. The van der Waals surface area contributed by atoms with Crippen LogP contribution in [0.25, 0.3) is 0 Å². The van der Waals surface area contributed by atoms with Gasteiger partial charge in [-0.3, -0.25) is 14.8 Å². The molecular weight excluding hydrogens is 484 g/mol. The number of aliphatic hydroxyl groups is 2. The number of amides is 2. The van der Waals surface area contributed by atoms with Crippen molar-refractivity contribution in [1.29, 1.82) is 0 Å². The van der Waals surface area contributed by atoms with Gasteiger partial charge in [-0.25, -0.2) is 5.48 Å². The van der Waals surface area contributed by atoms with Gasteiger partial charge < -0.3 is 25.0 Å². The maximum Gasteiger partial charge on any atom is 0.243 e. The Morgan fingerprint density at radius 1 is 0.917 bits per heavy atom. The van der Waals surface area contributed by atoms with Crippen LogP contribution in [0.5, 0.6) is 0 Å². The lowest BCUT2D eigenvalue weighted by molar-refractivity contribution is -0.245. The van der Waals surface area contributed by atoms with Crippen molar-refractivity contribution in [2.24, 2.45) is 0 Å². The quantitative estimate of drug-likeness (QED) is 0.155. The molecule has 1 fully saturated rings. The monoisotopic (exact) mass is 518 g/mol. The number of carbonyl (C=O) groups is 2. The van der Waals surface area contributed by atoms with Gasteiger partial charge >= 0.3 is 0 Å². The average Bonchev–Trinajstić information content (AvgIpc) is 2.92. The van der Waals surface area contributed by atoms with Crippen LogP contribution < -0.4 is 10.8 Å². The van der Waals surface area contributed by atoms with Crippen molar-refractivity contribution in [2.75, 3.05) is 18.1 Å². The Hall–Kier alpha value is -2.47. The third kappa shape index (κ3) is 8.88. The average molecular weight is 519 g/mol. The summed E-state index contributed by atoms with van der Waals surface area (Å²) in [5, 5.41) is 29.8. The molecule has 3 rings (SSSR count). The first kappa shape index (κ1) is 28.1. The Morgan fingerprint density at radius 2 is 1.58 bits per heavy atom. The smallest absolute Gasteiger partial charge is 0.243 e. The van der Waals surface area contributed by atoms with Crippen molar-refractivity contribution in [2.45, 2.75) is 57.3 Å². The third-order valence-electron chi connectivity index (χ3n) is 5.83. The highest BCUT2D eigenvalue weighted by atomic mass is 32.2. The van der Waals surface area contributed by atoms with E-state index in [-0.39, 0.29) is 44.2 Å². The molecule has 1 aliphatic heterocycles. The number of hydrogen-bond acceptors (Lipinski definition) is 8. The van der Waals surface area contributed by atoms with Crippen LogP contribution in [-0.2, 0) is 32.2 Å². The minimum absolute atomic E-state index is 0.00830. The van der Waals surface area contributed by atoms with Crippen molar-refractivity contribution in [1.82, 2.24) is 10.8 Å². The normalized spacial score (nSPS) is 19.6. The Labute approximate surface area is 215 Å². The van der Waals surface area contributed by atoms with Gasteiger partial charge in [-0.1, -0.05) is 48.5 Å². The highest BCUT2D eigenvalue weighted by Crippen LogP contribution is 2.38. The molecule has 1 saturated heterocycles. The number of benzene rings is 2. The van der Waals surface area contributed by atoms with E-state index >= 15 is 0 Å². The SMILES string of the molecule is O=C(CCCC(=O)NCc1ccc([C@H]2O[C@@H](CSCCO)C[C@@H](c3ccc(CO)cc3)O2)cc1)NO. The fourth-order valence-electron chi connectivity index (χ4n) is 3.85. The summed E-state index contributed by atoms with van der Waals surface area (Å²) in [6.45, 7) is 0.475. The van der Waals surface area contributed by atoms with E-state index in [4.69, 9.17) is 19.8 Å². The summed E-state index contributed by atoms with van der Waals surface area (Å²) in [7, 11) is 0. The number of hydroxylamine groups is 1. The lowest BCUT2D eigenvalue weighted by Crippen LogP contribution is -2.31. The second-order valence-corrected chi connectivity index (χ2v) is 9.71. The lowest BCUT2D eigenvalue weighted by atomic mass is 10.0. The van der Waals surface area contributed by atoms with Crippen molar-refractivity contribution in [3.05, 3.63) is 70.8 Å². The Balaban J connectivity index is 1.59. The molecule has 1 aliphatic rings. The van der Waals surface area contributed by atoms with Crippen molar-refractivity contribution in [3.8, 4) is 0 Å². The lowest BCUT2D eigenvalue weighted by Gasteiger charge is -2.36. The molecule has 1 heterocycles. The maximum atomic E-state index is 12.0. The number of rotatable bonds is 13. The molecule has 9 nitrogen and oxygen atoms in total. The zero-order valence-corrected chi connectivity index (χ0v) is 20.9. The summed E-state index contributed by atoms with van der Waals surface area (Å²) in [6.07, 6.45) is 0.574. The van der Waals surface area contributed by atoms with Gasteiger partial charge in [0.05, 0.1) is 25.4 Å². The number of carbonyl (C=O) groups excluding carboxylic acids is 2. The van der Waals surface area contributed by atoms with Crippen molar-refractivity contribution < 1.29 is 34.5 Å². The van der Waals surface area contributed by atoms with E-state index < -0.39 is 12.2 Å². The van der Waals surface area contributed by atoms with E-state index in [1.54, 1.807) is 17.2 Å². The van der Waals surface area contributed by atoms with Gasteiger partial charge in [-0.05, 0) is 23.1 Å². The molecule has 0 aliphatic carbocycles. The summed E-state index contributed by atoms with van der Waals surface area (Å²) in [4.78, 5) is 23.0. The van der Waals surface area contributed by atoms with Crippen LogP contribution in [0.15, 0.2) is 48.5 Å². The van der Waals surface area contributed by atoms with Gasteiger partial charge in [0.15, 0.2) is 6.29 Å². The second-order valence-electron chi connectivity index (χ2n) is 8.56. The zero-order chi connectivity index (χ0) is 25.8. The predicted molar refractivity (Wildman–Crippen MR) is 135 cm³/mol. The first-order chi connectivity index (χ1) is 17.5. The Morgan fingerprint density at radius 3 is 2.25 bits per heavy atom. The number of aliphatic hydroxyl groups excluding tert-OH is 2. The maximum absolute atomic E-state index is 12.0. The van der Waals surface area contributed by atoms with E-state index in [2.05, 4.69) is 5.32 Å². The standard InChI is InChI=1S/C26H34N2O7S/c29-12-13-36-17-22-14-23(20-8-6-19(16-30)7-9-20)35-26(34-22)21-10-4-18(5-11-21)15-27-24(31)2-1-3-25(32)28-33/h4-11,22-23,26,29-30,33H,1-3,12-17H2,(H,27,31)(H,28,32)/t22-,23+,26+/m1/s1. The largest absolute Gasteiger partial charge is 0.396 e. The summed E-state index contributed by atoms with van der Waals surface area (Å²) < 4.78 is 12.6. The highest BCUT2D eigenvalue weighted by molar-refractivity contribution is 7.99. The van der Waals surface area contributed by atoms with Gasteiger partial charge in [-0.2, -0.15) is 11.8 Å². The zero-order valence-electron chi connectivity index (χ0n) is 20.1. The van der Waals surface area contributed by atoms with Crippen LogP contribution in [0.2, 0.25) is 0 Å². The summed E-state index contributed by atoms with van der Waals surface area (Å²) in [5.74, 6) is 0.720. The molecule has 10 heteroatoms. The van der Waals surface area contributed by atoms with Gasteiger partial charge in [0.2, 0.25) is 11.8 Å². The van der Waals surface area contributed by atoms with E-state index in [1.807, 2.05) is 48.5 Å². The molecule has 5 N–H and O–H groups in total. The van der Waals surface area contributed by atoms with Crippen LogP contribution >= 0.6 is 11.8 Å². The van der Waals surface area contributed by atoms with Crippen molar-refractivity contribution >= 4 is 23.6 Å². The summed E-state index contributed by atoms with van der Waals surface area (Å²) in [5.41, 5.74) is 5.20. The number of nitrogens with one attached hydrogen (secondary N) is 2. The molecule has 0 spiro atoms. The minimum Gasteiger partial charge on any atom is -0.396 e. The number of hydrogen-bond donors (Lipinski definition) is 5. The Bertz CT molecular complexity index is 956. The summed E-state index contributed by atoms with van der Waals surface area (Å²) >= 11 is 1.64. The second kappa shape index (κ2) is 14.9. The van der Waals surface area contributed by atoms with E-state index in [1.165, 1.54) is 0 Å². The molecule has 0 bridgehead atoms. The van der Waals surface area contributed by atoms with E-state index in [9.17, 15) is 14.7 Å². The molecule has 2 aromatic carbocycles. The third-order valence-corrected chi connectivity index (χ3v) is 6.91. The van der Waals surface area contributed by atoms with E-state index in [0.717, 1.165) is 28.0 Å². The molecular formula is C26H34N2O7S. The predicted octanol–water partition coefficient (Wildman–Crippen LogP) is 2.74. The topological polar surface area (TPSA) is 137 Å². The molecule has 0 saturated carbocycles. The first-order valence-corrected chi connectivity index (χ1v) is 13.2. The van der Waals surface area contributed by atoms with Gasteiger partial charge in [0.1, 0.15) is 0 Å². The van der Waals surface area contributed by atoms with Crippen LogP contribution in [0.3, 0.4) is 0 Å². The van der Waals surface area contributed by atoms with Crippen molar-refractivity contribution in [3.63, 3.8) is 0 Å².